The molecule has 1 rings (SSSR count). The number of unbranched alkanes of at least 4 members (excludes halogenated alkanes) is 42. The lowest BCUT2D eigenvalue weighted by molar-refractivity contribution is -0.303. The van der Waals surface area contributed by atoms with Crippen LogP contribution in [0.1, 0.15) is 316 Å². The van der Waals surface area contributed by atoms with Gasteiger partial charge in [0.2, 0.25) is 5.91 Å². The fourth-order valence-corrected chi connectivity index (χ4v) is 10.6. The lowest BCUT2D eigenvalue weighted by Gasteiger charge is -2.40. The van der Waals surface area contributed by atoms with Crippen LogP contribution in [0.4, 0.5) is 0 Å². The van der Waals surface area contributed by atoms with Crippen molar-refractivity contribution in [3.05, 3.63) is 12.2 Å². The number of allylic oxidation sites excluding steroid dienone is 2. The van der Waals surface area contributed by atoms with Gasteiger partial charge >= 0.3 is 0 Å². The van der Waals surface area contributed by atoms with Gasteiger partial charge in [-0.25, -0.2) is 0 Å². The summed E-state index contributed by atoms with van der Waals surface area (Å²) in [6.07, 6.45) is 51.5. The maximum Gasteiger partial charge on any atom is 0.249 e. The summed E-state index contributed by atoms with van der Waals surface area (Å²) >= 11 is 0. The molecule has 1 saturated heterocycles. The highest BCUT2D eigenvalue weighted by Gasteiger charge is 2.44. The molecule has 1 aliphatic heterocycles. The van der Waals surface area contributed by atoms with E-state index in [0.29, 0.717) is 12.8 Å². The zero-order valence-corrected chi connectivity index (χ0v) is 48.4. The van der Waals surface area contributed by atoms with E-state index >= 15 is 0 Å². The van der Waals surface area contributed by atoms with Crippen molar-refractivity contribution >= 4 is 5.91 Å². The van der Waals surface area contributed by atoms with Crippen LogP contribution in [-0.4, -0.2) is 110 Å². The monoisotopic (exact) mass is 1050 g/mol. The first-order valence-corrected chi connectivity index (χ1v) is 32.1. The number of aliphatic hydroxyl groups is 7. The van der Waals surface area contributed by atoms with E-state index in [1.54, 1.807) is 0 Å². The second-order valence-corrected chi connectivity index (χ2v) is 22.8. The number of ether oxygens (including phenoxy) is 2. The molecule has 9 unspecified atom stereocenters. The minimum Gasteiger partial charge on any atom is -0.394 e. The smallest absolute Gasteiger partial charge is 0.249 e. The molecule has 440 valence electrons. The first kappa shape index (κ1) is 70.9. The largest absolute Gasteiger partial charge is 0.394 e. The van der Waals surface area contributed by atoms with Crippen LogP contribution in [0.3, 0.4) is 0 Å². The van der Waals surface area contributed by atoms with Crippen LogP contribution in [-0.2, 0) is 14.3 Å². The Balaban J connectivity index is 2.23. The lowest BCUT2D eigenvalue weighted by Crippen LogP contribution is -2.60. The fraction of sp³-hybridized carbons (Fsp3) is 0.952. The first-order valence-electron chi connectivity index (χ1n) is 32.1. The molecule has 0 bridgehead atoms. The Morgan fingerprint density at radius 3 is 1.16 bits per heavy atom. The predicted molar refractivity (Wildman–Crippen MR) is 307 cm³/mol. The van der Waals surface area contributed by atoms with Gasteiger partial charge in [-0.05, 0) is 38.5 Å². The van der Waals surface area contributed by atoms with Crippen LogP contribution in [0.2, 0.25) is 0 Å². The molecule has 0 radical (unpaired) electrons. The van der Waals surface area contributed by atoms with E-state index in [9.17, 15) is 40.5 Å². The van der Waals surface area contributed by atoms with Crippen molar-refractivity contribution in [2.45, 2.75) is 371 Å². The van der Waals surface area contributed by atoms with Crippen LogP contribution >= 0.6 is 0 Å². The van der Waals surface area contributed by atoms with Gasteiger partial charge in [-0.2, -0.15) is 0 Å². The van der Waals surface area contributed by atoms with E-state index in [1.165, 1.54) is 238 Å². The summed E-state index contributed by atoms with van der Waals surface area (Å²) < 4.78 is 11.2. The van der Waals surface area contributed by atoms with Crippen molar-refractivity contribution < 1.29 is 50.0 Å². The van der Waals surface area contributed by atoms with Crippen molar-refractivity contribution in [3.8, 4) is 0 Å². The van der Waals surface area contributed by atoms with Gasteiger partial charge in [0.25, 0.3) is 0 Å². The predicted octanol–water partition coefficient (Wildman–Crippen LogP) is 14.3. The topological polar surface area (TPSA) is 189 Å². The highest BCUT2D eigenvalue weighted by atomic mass is 16.7. The minimum atomic E-state index is -1.67. The highest BCUT2D eigenvalue weighted by molar-refractivity contribution is 5.80. The maximum absolute atomic E-state index is 13.2. The third kappa shape index (κ3) is 40.1. The third-order valence-electron chi connectivity index (χ3n) is 15.8. The zero-order chi connectivity index (χ0) is 54.0. The standard InChI is InChI=1S/C63H123NO10/c1-3-5-7-9-11-13-15-17-19-21-22-23-24-25-26-27-28-29-30-31-32-33-35-36-38-40-42-44-46-48-50-55(66)58(68)54(53-73-63-61(71)60(70)59(69)57(52-65)74-63)64-62(72)56(67)51-49-47-45-43-41-39-37-34-20-18-16-14-12-10-8-6-4-2/h42,44,54-61,63,65-71H,3-41,43,45-53H2,1-2H3,(H,64,72)/b44-42+. The Kier molecular flexibility index (Phi) is 50.3. The van der Waals surface area contributed by atoms with Gasteiger partial charge in [0.05, 0.1) is 25.4 Å². The second-order valence-electron chi connectivity index (χ2n) is 22.8. The Hall–Kier alpha value is -1.15. The fourth-order valence-electron chi connectivity index (χ4n) is 10.6. The molecule has 0 spiro atoms. The third-order valence-corrected chi connectivity index (χ3v) is 15.8. The molecule has 1 heterocycles. The average Bonchev–Trinajstić information content (AvgIpc) is 3.40. The molecule has 0 saturated carbocycles. The number of amides is 1. The summed E-state index contributed by atoms with van der Waals surface area (Å²) in [4.78, 5) is 13.2. The highest BCUT2D eigenvalue weighted by Crippen LogP contribution is 2.24. The van der Waals surface area contributed by atoms with Crippen molar-refractivity contribution in [2.75, 3.05) is 13.2 Å². The Morgan fingerprint density at radius 2 is 0.797 bits per heavy atom. The number of hydrogen-bond acceptors (Lipinski definition) is 10. The molecular formula is C63H123NO10. The van der Waals surface area contributed by atoms with E-state index in [4.69, 9.17) is 9.47 Å². The molecule has 11 heteroatoms. The van der Waals surface area contributed by atoms with E-state index in [2.05, 4.69) is 31.3 Å². The van der Waals surface area contributed by atoms with E-state index in [0.717, 1.165) is 38.5 Å². The molecular weight excluding hydrogens is 931 g/mol. The molecule has 9 atom stereocenters. The molecule has 1 amide bonds. The van der Waals surface area contributed by atoms with Crippen LogP contribution in [0.15, 0.2) is 12.2 Å². The molecule has 0 aromatic heterocycles. The van der Waals surface area contributed by atoms with E-state index in [-0.39, 0.29) is 12.8 Å². The number of carbonyl (C=O) groups excluding carboxylic acids is 1. The van der Waals surface area contributed by atoms with Crippen molar-refractivity contribution in [1.82, 2.24) is 5.32 Å². The normalized spacial score (nSPS) is 19.8. The number of nitrogens with one attached hydrogen (secondary N) is 1. The molecule has 0 aromatic carbocycles. The SMILES string of the molecule is CCCCCCCCCCCCCCCCCCCCCCCCCCC/C=C/CCCC(O)C(O)C(COC1OC(CO)C(O)C(O)C1O)NC(=O)C(O)CCCCCCCCCCCCCCCCCCC. The van der Waals surface area contributed by atoms with Gasteiger partial charge in [0, 0.05) is 0 Å². The van der Waals surface area contributed by atoms with Gasteiger partial charge < -0.3 is 50.5 Å². The van der Waals surface area contributed by atoms with Crippen LogP contribution in [0, 0.1) is 0 Å². The average molecular weight is 1050 g/mol. The number of hydrogen-bond donors (Lipinski definition) is 8. The minimum absolute atomic E-state index is 0.259. The van der Waals surface area contributed by atoms with E-state index in [1.807, 2.05) is 0 Å². The first-order chi connectivity index (χ1) is 36.2. The summed E-state index contributed by atoms with van der Waals surface area (Å²) in [5.41, 5.74) is 0. The van der Waals surface area contributed by atoms with Crippen molar-refractivity contribution in [2.24, 2.45) is 0 Å². The molecule has 74 heavy (non-hydrogen) atoms. The van der Waals surface area contributed by atoms with Crippen LogP contribution < -0.4 is 5.32 Å². The van der Waals surface area contributed by atoms with Gasteiger partial charge in [0.1, 0.15) is 36.6 Å². The molecule has 1 aliphatic rings. The summed E-state index contributed by atoms with van der Waals surface area (Å²) in [5.74, 6) is -0.700. The van der Waals surface area contributed by atoms with Gasteiger partial charge in [0.15, 0.2) is 6.29 Å². The number of aliphatic hydroxyl groups excluding tert-OH is 7. The number of rotatable bonds is 56. The Morgan fingerprint density at radius 1 is 0.459 bits per heavy atom. The molecule has 0 aliphatic carbocycles. The van der Waals surface area contributed by atoms with Crippen molar-refractivity contribution in [3.63, 3.8) is 0 Å². The Labute approximate surface area is 455 Å². The Bertz CT molecular complexity index is 1210. The van der Waals surface area contributed by atoms with Crippen LogP contribution in [0.25, 0.3) is 0 Å². The molecule has 11 nitrogen and oxygen atoms in total. The summed E-state index contributed by atoms with van der Waals surface area (Å²) in [6, 6.07) is -1.18. The summed E-state index contributed by atoms with van der Waals surface area (Å²) in [7, 11) is 0. The summed E-state index contributed by atoms with van der Waals surface area (Å²) in [6.45, 7) is 3.49. The van der Waals surface area contributed by atoms with Gasteiger partial charge in [-0.1, -0.05) is 289 Å². The zero-order valence-electron chi connectivity index (χ0n) is 48.4. The maximum atomic E-state index is 13.2. The molecule has 8 N–H and O–H groups in total. The van der Waals surface area contributed by atoms with Gasteiger partial charge in [-0.15, -0.1) is 0 Å². The quantitative estimate of drug-likeness (QED) is 0.0215. The van der Waals surface area contributed by atoms with Crippen LogP contribution in [0.5, 0.6) is 0 Å². The summed E-state index contributed by atoms with van der Waals surface area (Å²) in [5, 5.41) is 76.2. The molecule has 1 fully saturated rings. The second kappa shape index (κ2) is 52.5. The van der Waals surface area contributed by atoms with Gasteiger partial charge in [-0.3, -0.25) is 4.79 Å². The number of carbonyl (C=O) groups is 1. The lowest BCUT2D eigenvalue weighted by atomic mass is 9.98. The van der Waals surface area contributed by atoms with Crippen molar-refractivity contribution in [1.29, 1.82) is 0 Å². The molecule has 0 aromatic rings. The van der Waals surface area contributed by atoms with E-state index < -0.39 is 74.2 Å².